The summed E-state index contributed by atoms with van der Waals surface area (Å²) < 4.78 is 19.5. The summed E-state index contributed by atoms with van der Waals surface area (Å²) >= 11 is 0. The van der Waals surface area contributed by atoms with Gasteiger partial charge in [0.1, 0.15) is 12.4 Å². The smallest absolute Gasteiger partial charge is 0.218 e. The first kappa shape index (κ1) is 19.9. The first-order valence-corrected chi connectivity index (χ1v) is 9.82. The van der Waals surface area contributed by atoms with Crippen LogP contribution in [0.5, 0.6) is 5.88 Å². The van der Waals surface area contributed by atoms with Crippen LogP contribution in [-0.2, 0) is 19.7 Å². The maximum Gasteiger partial charge on any atom is 0.218 e. The number of halogens is 1. The van der Waals surface area contributed by atoms with Gasteiger partial charge < -0.3 is 10.1 Å². The summed E-state index contributed by atoms with van der Waals surface area (Å²) in [6.45, 7) is 5.36. The minimum Gasteiger partial charge on any atom is -0.473 e. The Hall–Kier alpha value is -3.38. The monoisotopic (exact) mass is 402 g/mol. The third kappa shape index (κ3) is 4.96. The fraction of sp³-hybridized carbons (Fsp3) is 0.208. The van der Waals surface area contributed by atoms with Crippen molar-refractivity contribution in [1.29, 1.82) is 0 Å². The Morgan fingerprint density at radius 1 is 0.967 bits per heavy atom. The Morgan fingerprint density at radius 3 is 2.67 bits per heavy atom. The lowest BCUT2D eigenvalue weighted by molar-refractivity contribution is 0.290. The second-order valence-electron chi connectivity index (χ2n) is 7.32. The van der Waals surface area contributed by atoms with Crippen molar-refractivity contribution < 1.29 is 9.13 Å². The molecular formula is C24H23FN4O. The number of aryl methyl sites for hydroxylation is 2. The summed E-state index contributed by atoms with van der Waals surface area (Å²) in [6, 6.07) is 14.6. The predicted molar refractivity (Wildman–Crippen MR) is 115 cm³/mol. The molecule has 0 aliphatic heterocycles. The lowest BCUT2D eigenvalue weighted by atomic mass is 10.1. The average Bonchev–Trinajstić information content (AvgIpc) is 2.73. The molecule has 0 fully saturated rings. The molecule has 0 radical (unpaired) electrons. The molecule has 4 rings (SSSR count). The molecule has 2 aromatic heterocycles. The number of benzene rings is 2. The van der Waals surface area contributed by atoms with Crippen LogP contribution in [-0.4, -0.2) is 15.0 Å². The van der Waals surface area contributed by atoms with Crippen molar-refractivity contribution in [1.82, 2.24) is 20.3 Å². The zero-order chi connectivity index (χ0) is 20.9. The van der Waals surface area contributed by atoms with Crippen molar-refractivity contribution in [2.45, 2.75) is 33.5 Å². The van der Waals surface area contributed by atoms with Crippen molar-refractivity contribution in [3.05, 3.63) is 94.8 Å². The number of nitrogens with zero attached hydrogens (tertiary/aromatic N) is 3. The van der Waals surface area contributed by atoms with Gasteiger partial charge in [0.2, 0.25) is 5.88 Å². The maximum atomic E-state index is 13.5. The molecule has 0 amide bonds. The largest absolute Gasteiger partial charge is 0.473 e. The number of aromatic nitrogens is 3. The Kier molecular flexibility index (Phi) is 5.95. The lowest BCUT2D eigenvalue weighted by Gasteiger charge is -2.13. The van der Waals surface area contributed by atoms with E-state index in [9.17, 15) is 4.39 Å². The third-order valence-corrected chi connectivity index (χ3v) is 4.73. The van der Waals surface area contributed by atoms with E-state index in [2.05, 4.69) is 34.3 Å². The molecule has 2 aromatic carbocycles. The van der Waals surface area contributed by atoms with Gasteiger partial charge in [-0.2, -0.15) is 0 Å². The summed E-state index contributed by atoms with van der Waals surface area (Å²) in [4.78, 5) is 13.4. The standard InChI is InChI=1S/C24H23FN4O/c1-16-6-7-23-19(8-16)10-20(12-26-13-22-14-27-17(2)11-28-22)24(29-23)30-15-18-4-3-5-21(25)9-18/h3-11,14,26H,12-13,15H2,1-2H3. The zero-order valence-corrected chi connectivity index (χ0v) is 17.0. The fourth-order valence-electron chi connectivity index (χ4n) is 3.19. The van der Waals surface area contributed by atoms with E-state index in [0.717, 1.165) is 33.4 Å². The summed E-state index contributed by atoms with van der Waals surface area (Å²) in [6.07, 6.45) is 3.52. The van der Waals surface area contributed by atoms with Crippen molar-refractivity contribution in [2.24, 2.45) is 0 Å². The van der Waals surface area contributed by atoms with Gasteiger partial charge in [-0.05, 0) is 49.7 Å². The Morgan fingerprint density at radius 2 is 1.87 bits per heavy atom. The highest BCUT2D eigenvalue weighted by atomic mass is 19.1. The van der Waals surface area contributed by atoms with Crippen molar-refractivity contribution in [2.75, 3.05) is 0 Å². The number of hydrogen-bond acceptors (Lipinski definition) is 5. The Balaban J connectivity index is 1.54. The summed E-state index contributed by atoms with van der Waals surface area (Å²) in [7, 11) is 0. The molecule has 2 heterocycles. The highest BCUT2D eigenvalue weighted by Crippen LogP contribution is 2.24. The SMILES string of the molecule is Cc1ccc2nc(OCc3cccc(F)c3)c(CNCc3cnc(C)cn3)cc2c1. The predicted octanol–water partition coefficient (Wildman–Crippen LogP) is 4.65. The number of nitrogens with one attached hydrogen (secondary N) is 1. The van der Waals surface area contributed by atoms with Crippen LogP contribution in [0, 0.1) is 19.7 Å². The van der Waals surface area contributed by atoms with Crippen molar-refractivity contribution >= 4 is 10.9 Å². The molecule has 4 aromatic rings. The van der Waals surface area contributed by atoms with Crippen LogP contribution >= 0.6 is 0 Å². The van der Waals surface area contributed by atoms with Crippen LogP contribution in [0.3, 0.4) is 0 Å². The van der Waals surface area contributed by atoms with Gasteiger partial charge in [-0.25, -0.2) is 9.37 Å². The summed E-state index contributed by atoms with van der Waals surface area (Å²) in [5, 5.41) is 4.44. The number of hydrogen-bond donors (Lipinski definition) is 1. The maximum absolute atomic E-state index is 13.5. The fourth-order valence-corrected chi connectivity index (χ4v) is 3.19. The Bertz CT molecular complexity index is 1160. The van der Waals surface area contributed by atoms with E-state index in [4.69, 9.17) is 9.72 Å². The molecule has 0 aliphatic rings. The highest BCUT2D eigenvalue weighted by molar-refractivity contribution is 5.80. The van der Waals surface area contributed by atoms with Gasteiger partial charge in [-0.15, -0.1) is 0 Å². The summed E-state index contributed by atoms with van der Waals surface area (Å²) in [5.74, 6) is 0.261. The number of ether oxygens (including phenoxy) is 1. The van der Waals surface area contributed by atoms with E-state index in [-0.39, 0.29) is 12.4 Å². The molecule has 0 bridgehead atoms. The second-order valence-corrected chi connectivity index (χ2v) is 7.32. The molecule has 0 atom stereocenters. The second kappa shape index (κ2) is 8.97. The topological polar surface area (TPSA) is 59.9 Å². The molecule has 6 heteroatoms. The minimum atomic E-state index is -0.279. The molecule has 152 valence electrons. The quantitative estimate of drug-likeness (QED) is 0.488. The molecule has 0 saturated heterocycles. The van der Waals surface area contributed by atoms with E-state index in [0.29, 0.717) is 19.0 Å². The van der Waals surface area contributed by atoms with E-state index in [1.165, 1.54) is 17.7 Å². The molecular weight excluding hydrogens is 379 g/mol. The van der Waals surface area contributed by atoms with E-state index >= 15 is 0 Å². The van der Waals surface area contributed by atoms with Gasteiger partial charge in [-0.3, -0.25) is 9.97 Å². The van der Waals surface area contributed by atoms with Crippen LogP contribution in [0.15, 0.2) is 60.9 Å². The van der Waals surface area contributed by atoms with Crippen LogP contribution in [0.4, 0.5) is 4.39 Å². The Labute approximate surface area is 175 Å². The molecule has 0 saturated carbocycles. The average molecular weight is 402 g/mol. The van der Waals surface area contributed by atoms with E-state index < -0.39 is 0 Å². The first-order valence-electron chi connectivity index (χ1n) is 9.82. The lowest BCUT2D eigenvalue weighted by Crippen LogP contribution is -2.15. The van der Waals surface area contributed by atoms with Gasteiger partial charge in [0.25, 0.3) is 0 Å². The molecule has 0 unspecified atom stereocenters. The van der Waals surface area contributed by atoms with E-state index in [1.807, 2.05) is 25.1 Å². The number of fused-ring (bicyclic) bond motifs is 1. The van der Waals surface area contributed by atoms with Gasteiger partial charge in [0, 0.05) is 36.4 Å². The molecule has 30 heavy (non-hydrogen) atoms. The molecule has 1 N–H and O–H groups in total. The van der Waals surface area contributed by atoms with E-state index in [1.54, 1.807) is 18.5 Å². The van der Waals surface area contributed by atoms with Crippen LogP contribution in [0.25, 0.3) is 10.9 Å². The van der Waals surface area contributed by atoms with Gasteiger partial charge in [0.05, 0.1) is 16.9 Å². The van der Waals surface area contributed by atoms with Crippen LogP contribution in [0.1, 0.15) is 28.1 Å². The molecule has 5 nitrogen and oxygen atoms in total. The number of rotatable bonds is 7. The molecule has 0 spiro atoms. The normalized spacial score (nSPS) is 11.0. The van der Waals surface area contributed by atoms with Gasteiger partial charge in [-0.1, -0.05) is 23.8 Å². The third-order valence-electron chi connectivity index (χ3n) is 4.73. The van der Waals surface area contributed by atoms with Gasteiger partial charge in [0.15, 0.2) is 0 Å². The zero-order valence-electron chi connectivity index (χ0n) is 17.0. The molecule has 0 aliphatic carbocycles. The minimum absolute atomic E-state index is 0.249. The van der Waals surface area contributed by atoms with Crippen molar-refractivity contribution in [3.63, 3.8) is 0 Å². The highest BCUT2D eigenvalue weighted by Gasteiger charge is 2.10. The van der Waals surface area contributed by atoms with Gasteiger partial charge >= 0.3 is 0 Å². The summed E-state index contributed by atoms with van der Waals surface area (Å²) in [5.41, 5.74) is 5.49. The van der Waals surface area contributed by atoms with Crippen LogP contribution < -0.4 is 10.1 Å². The number of pyridine rings is 1. The van der Waals surface area contributed by atoms with Crippen molar-refractivity contribution in [3.8, 4) is 5.88 Å². The first-order chi connectivity index (χ1) is 14.6. The van der Waals surface area contributed by atoms with Crippen LogP contribution in [0.2, 0.25) is 0 Å².